The third-order valence-electron chi connectivity index (χ3n) is 5.55. The summed E-state index contributed by atoms with van der Waals surface area (Å²) in [6, 6.07) is 7.58. The Balaban J connectivity index is 1.97. The predicted molar refractivity (Wildman–Crippen MR) is 111 cm³/mol. The quantitative estimate of drug-likeness (QED) is 0.604. The van der Waals surface area contributed by atoms with Crippen molar-refractivity contribution in [1.29, 1.82) is 0 Å². The van der Waals surface area contributed by atoms with E-state index in [-0.39, 0.29) is 4.90 Å². The molecule has 5 nitrogen and oxygen atoms in total. The van der Waals surface area contributed by atoms with Gasteiger partial charge in [-0.05, 0) is 49.1 Å². The highest BCUT2D eigenvalue weighted by atomic mass is 32.2. The van der Waals surface area contributed by atoms with E-state index in [0.717, 1.165) is 25.0 Å². The number of fused-ring (bicyclic) bond motifs is 1. The Hall–Kier alpha value is -2.74. The molecule has 0 unspecified atom stereocenters. The van der Waals surface area contributed by atoms with Crippen molar-refractivity contribution < 1.29 is 21.9 Å². The van der Waals surface area contributed by atoms with Crippen molar-refractivity contribution >= 4 is 26.4 Å². The molecule has 1 aromatic heterocycles. The molecule has 0 aliphatic carbocycles. The molecule has 1 aliphatic heterocycles. The molecule has 8 heteroatoms. The molecular formula is C22H22F2N2O3S. The minimum atomic E-state index is -4.21. The molecule has 1 aliphatic rings. The molecule has 2 aromatic carbocycles. The maximum atomic E-state index is 13.8. The first-order valence-electron chi connectivity index (χ1n) is 9.72. The molecular weight excluding hydrogens is 410 g/mol. The first-order valence-corrected chi connectivity index (χ1v) is 11.2. The zero-order chi connectivity index (χ0) is 21.5. The van der Waals surface area contributed by atoms with Gasteiger partial charge in [0.1, 0.15) is 22.3 Å². The van der Waals surface area contributed by atoms with E-state index in [0.29, 0.717) is 47.4 Å². The normalized spacial score (nSPS) is 15.5. The number of nitrogens with zero attached hydrogens (tertiary/aromatic N) is 2. The van der Waals surface area contributed by atoms with Gasteiger partial charge < -0.3 is 9.64 Å². The second kappa shape index (κ2) is 7.83. The van der Waals surface area contributed by atoms with Crippen LogP contribution in [0.2, 0.25) is 0 Å². The molecule has 2 heterocycles. The number of methoxy groups -OCH3 is 1. The number of benzene rings is 2. The van der Waals surface area contributed by atoms with Gasteiger partial charge in [-0.25, -0.2) is 17.2 Å². The molecule has 1 fully saturated rings. The number of sulfone groups is 1. The van der Waals surface area contributed by atoms with Crippen LogP contribution in [0.3, 0.4) is 0 Å². The van der Waals surface area contributed by atoms with E-state index in [1.165, 1.54) is 13.3 Å². The van der Waals surface area contributed by atoms with Crippen molar-refractivity contribution in [1.82, 2.24) is 4.98 Å². The summed E-state index contributed by atoms with van der Waals surface area (Å²) in [6.45, 7) is 3.52. The van der Waals surface area contributed by atoms with Crippen LogP contribution in [0.4, 0.5) is 14.5 Å². The molecule has 0 amide bonds. The van der Waals surface area contributed by atoms with Crippen LogP contribution >= 0.6 is 0 Å². The Morgan fingerprint density at radius 3 is 2.37 bits per heavy atom. The Morgan fingerprint density at radius 1 is 1.07 bits per heavy atom. The van der Waals surface area contributed by atoms with E-state index < -0.39 is 26.4 Å². The van der Waals surface area contributed by atoms with E-state index >= 15 is 0 Å². The van der Waals surface area contributed by atoms with Crippen molar-refractivity contribution in [2.75, 3.05) is 25.1 Å². The van der Waals surface area contributed by atoms with Crippen LogP contribution in [0.5, 0.6) is 5.75 Å². The van der Waals surface area contributed by atoms with Crippen LogP contribution in [-0.2, 0) is 9.84 Å². The summed E-state index contributed by atoms with van der Waals surface area (Å²) >= 11 is 0. The Bertz CT molecular complexity index is 1190. The monoisotopic (exact) mass is 432 g/mol. The molecule has 0 N–H and O–H groups in total. The molecule has 0 spiro atoms. The number of ether oxygens (including phenoxy) is 1. The fourth-order valence-corrected chi connectivity index (χ4v) is 5.31. The van der Waals surface area contributed by atoms with E-state index in [9.17, 15) is 17.2 Å². The smallest absolute Gasteiger partial charge is 0.210 e. The van der Waals surface area contributed by atoms with Gasteiger partial charge >= 0.3 is 0 Å². The highest BCUT2D eigenvalue weighted by Crippen LogP contribution is 2.39. The SMILES string of the molecule is COc1ccc2ncc(S(=O)(=O)c3cc(F)cc(F)c3)c(N3CCC(C)CC3)c2c1. The molecule has 3 aromatic rings. The lowest BCUT2D eigenvalue weighted by molar-refractivity contribution is 0.415. The molecule has 30 heavy (non-hydrogen) atoms. The number of aromatic nitrogens is 1. The summed E-state index contributed by atoms with van der Waals surface area (Å²) in [5.74, 6) is -0.779. The first kappa shape index (κ1) is 20.5. The zero-order valence-corrected chi connectivity index (χ0v) is 17.5. The van der Waals surface area contributed by atoms with E-state index in [1.54, 1.807) is 18.2 Å². The lowest BCUT2D eigenvalue weighted by Crippen LogP contribution is -2.34. The number of pyridine rings is 1. The Labute approximate surface area is 174 Å². The summed E-state index contributed by atoms with van der Waals surface area (Å²) < 4.78 is 59.7. The molecule has 0 saturated carbocycles. The number of rotatable bonds is 4. The van der Waals surface area contributed by atoms with Crippen LogP contribution in [0.1, 0.15) is 19.8 Å². The predicted octanol–water partition coefficient (Wildman–Crippen LogP) is 4.59. The first-order chi connectivity index (χ1) is 14.3. The van der Waals surface area contributed by atoms with Gasteiger partial charge in [0.2, 0.25) is 9.84 Å². The standard InChI is InChI=1S/C22H22F2N2O3S/c1-14-5-7-26(8-6-14)22-19-12-17(29-2)3-4-20(19)25-13-21(22)30(27,28)18-10-15(23)9-16(24)11-18/h3-4,9-14H,5-8H2,1-2H3. The van der Waals surface area contributed by atoms with Crippen molar-refractivity contribution in [3.05, 3.63) is 54.2 Å². The summed E-state index contributed by atoms with van der Waals surface area (Å²) in [7, 11) is -2.68. The van der Waals surface area contributed by atoms with Crippen LogP contribution in [-0.4, -0.2) is 33.6 Å². The van der Waals surface area contributed by atoms with Gasteiger partial charge in [-0.15, -0.1) is 0 Å². The van der Waals surface area contributed by atoms with Gasteiger partial charge in [-0.2, -0.15) is 0 Å². The molecule has 0 atom stereocenters. The topological polar surface area (TPSA) is 59.5 Å². The third-order valence-corrected chi connectivity index (χ3v) is 7.28. The maximum absolute atomic E-state index is 13.8. The highest BCUT2D eigenvalue weighted by Gasteiger charge is 2.29. The summed E-state index contributed by atoms with van der Waals surface area (Å²) in [6.07, 6.45) is 3.12. The van der Waals surface area contributed by atoms with Crippen LogP contribution < -0.4 is 9.64 Å². The minimum Gasteiger partial charge on any atom is -0.497 e. The third kappa shape index (κ3) is 3.71. The second-order valence-corrected chi connectivity index (χ2v) is 9.55. The number of anilines is 1. The average molecular weight is 432 g/mol. The number of halogens is 2. The van der Waals surface area contributed by atoms with E-state index in [4.69, 9.17) is 4.74 Å². The fourth-order valence-electron chi connectivity index (χ4n) is 3.83. The van der Waals surface area contributed by atoms with Crippen LogP contribution in [0, 0.1) is 17.6 Å². The second-order valence-electron chi connectivity index (χ2n) is 7.63. The van der Waals surface area contributed by atoms with Gasteiger partial charge in [-0.1, -0.05) is 6.92 Å². The van der Waals surface area contributed by atoms with Crippen LogP contribution in [0.15, 0.2) is 52.4 Å². The lowest BCUT2D eigenvalue weighted by Gasteiger charge is -2.34. The van der Waals surface area contributed by atoms with E-state index in [2.05, 4.69) is 11.9 Å². The number of hydrogen-bond donors (Lipinski definition) is 0. The maximum Gasteiger partial charge on any atom is 0.210 e. The van der Waals surface area contributed by atoms with Crippen LogP contribution in [0.25, 0.3) is 10.9 Å². The number of piperidine rings is 1. The highest BCUT2D eigenvalue weighted by molar-refractivity contribution is 7.91. The summed E-state index contributed by atoms with van der Waals surface area (Å²) in [4.78, 5) is 5.83. The zero-order valence-electron chi connectivity index (χ0n) is 16.7. The van der Waals surface area contributed by atoms with Gasteiger partial charge in [-0.3, -0.25) is 4.98 Å². The largest absolute Gasteiger partial charge is 0.497 e. The molecule has 4 rings (SSSR count). The van der Waals surface area contributed by atoms with Crippen molar-refractivity contribution in [3.63, 3.8) is 0 Å². The van der Waals surface area contributed by atoms with Gasteiger partial charge in [0.05, 0.1) is 23.2 Å². The molecule has 158 valence electrons. The van der Waals surface area contributed by atoms with Crippen molar-refractivity contribution in [2.45, 2.75) is 29.6 Å². The Kier molecular flexibility index (Phi) is 5.36. The lowest BCUT2D eigenvalue weighted by atomic mass is 9.98. The van der Waals surface area contributed by atoms with Gasteiger partial charge in [0.25, 0.3) is 0 Å². The van der Waals surface area contributed by atoms with Gasteiger partial charge in [0, 0.05) is 30.7 Å². The fraction of sp³-hybridized carbons (Fsp3) is 0.318. The van der Waals surface area contributed by atoms with Gasteiger partial charge in [0.15, 0.2) is 0 Å². The average Bonchev–Trinajstić information content (AvgIpc) is 2.72. The minimum absolute atomic E-state index is 0.0668. The number of hydrogen-bond acceptors (Lipinski definition) is 5. The van der Waals surface area contributed by atoms with Crippen molar-refractivity contribution in [3.8, 4) is 5.75 Å². The van der Waals surface area contributed by atoms with Crippen molar-refractivity contribution in [2.24, 2.45) is 5.92 Å². The van der Waals surface area contributed by atoms with E-state index in [1.807, 2.05) is 4.90 Å². The molecule has 0 radical (unpaired) electrons. The Morgan fingerprint density at radius 2 is 1.73 bits per heavy atom. The summed E-state index contributed by atoms with van der Waals surface area (Å²) in [5.41, 5.74) is 1.12. The molecule has 0 bridgehead atoms. The molecule has 1 saturated heterocycles. The summed E-state index contributed by atoms with van der Waals surface area (Å²) in [5, 5.41) is 0.627.